The molecule has 0 rings (SSSR count). The molecular formula is C19H42N3O4PS. The van der Waals surface area contributed by atoms with Crippen LogP contribution in [0.4, 0.5) is 0 Å². The second-order valence-corrected chi connectivity index (χ2v) is 10.7. The maximum atomic E-state index is 11.6. The van der Waals surface area contributed by atoms with Gasteiger partial charge < -0.3 is 18.9 Å². The highest BCUT2D eigenvalue weighted by atomic mass is 32.2. The third kappa shape index (κ3) is 11.4. The van der Waals surface area contributed by atoms with Crippen LogP contribution < -0.4 is 0 Å². The minimum Gasteiger partial charge on any atom is -0.344 e. The first-order chi connectivity index (χ1) is 13.0. The first-order valence-electron chi connectivity index (χ1n) is 9.94. The lowest BCUT2D eigenvalue weighted by molar-refractivity contribution is -0.111. The number of rotatable bonds is 15. The second kappa shape index (κ2) is 15.1. The van der Waals surface area contributed by atoms with Crippen molar-refractivity contribution in [2.75, 3.05) is 40.2 Å². The van der Waals surface area contributed by atoms with Crippen LogP contribution in [0.3, 0.4) is 0 Å². The monoisotopic (exact) mass is 439 g/mol. The molecule has 0 amide bonds. The molecule has 0 unspecified atom stereocenters. The number of carbonyl (C=O) groups excluding carboxylic acids is 1. The lowest BCUT2D eigenvalue weighted by Gasteiger charge is -2.45. The molecule has 28 heavy (non-hydrogen) atoms. The molecule has 0 fully saturated rings. The lowest BCUT2D eigenvalue weighted by Crippen LogP contribution is -2.43. The Morgan fingerprint density at radius 1 is 0.821 bits per heavy atom. The van der Waals surface area contributed by atoms with Gasteiger partial charge >= 0.3 is 0 Å². The molecule has 0 aromatic heterocycles. The van der Waals surface area contributed by atoms with Crippen LogP contribution >= 0.6 is 20.2 Å². The molecule has 0 aromatic carbocycles. The van der Waals surface area contributed by atoms with Crippen molar-refractivity contribution in [1.82, 2.24) is 14.2 Å². The van der Waals surface area contributed by atoms with Gasteiger partial charge in [-0.05, 0) is 69.5 Å². The summed E-state index contributed by atoms with van der Waals surface area (Å²) in [6, 6.07) is 1.45. The van der Waals surface area contributed by atoms with Gasteiger partial charge in [0.05, 0.1) is 6.54 Å². The first-order valence-corrected chi connectivity index (χ1v) is 12.1. The highest BCUT2D eigenvalue weighted by Crippen LogP contribution is 2.50. The minimum atomic E-state index is -0.969. The first kappa shape index (κ1) is 28.2. The fraction of sp³-hybridized carbons (Fsp3) is 0.947. The summed E-state index contributed by atoms with van der Waals surface area (Å²) in [6.07, 6.45) is 0. The Kier molecular flexibility index (Phi) is 15.2. The van der Waals surface area contributed by atoms with Gasteiger partial charge in [0, 0.05) is 24.2 Å². The van der Waals surface area contributed by atoms with Crippen LogP contribution in [-0.4, -0.2) is 83.7 Å². The Morgan fingerprint density at radius 2 is 1.29 bits per heavy atom. The Labute approximate surface area is 178 Å². The third-order valence-electron chi connectivity index (χ3n) is 3.68. The van der Waals surface area contributed by atoms with Crippen LogP contribution in [0.15, 0.2) is 0 Å². The van der Waals surface area contributed by atoms with Gasteiger partial charge in [-0.25, -0.2) is 9.34 Å². The molecule has 0 heterocycles. The molecule has 0 saturated carbocycles. The molecule has 0 bridgehead atoms. The predicted octanol–water partition coefficient (Wildman–Crippen LogP) is 4.19. The van der Waals surface area contributed by atoms with E-state index in [0.29, 0.717) is 30.7 Å². The zero-order valence-corrected chi connectivity index (χ0v) is 21.2. The molecule has 0 aliphatic rings. The normalized spacial score (nSPS) is 12.9. The number of nitrogens with zero attached hydrogens (tertiary/aromatic N) is 3. The summed E-state index contributed by atoms with van der Waals surface area (Å²) < 4.78 is 22.0. The van der Waals surface area contributed by atoms with Crippen molar-refractivity contribution in [3.63, 3.8) is 0 Å². The molecule has 0 aliphatic heterocycles. The smallest absolute Gasteiger partial charge is 0.205 e. The van der Waals surface area contributed by atoms with Gasteiger partial charge in [0.1, 0.15) is 5.94 Å². The van der Waals surface area contributed by atoms with E-state index in [9.17, 15) is 4.79 Å². The molecule has 9 heteroatoms. The number of hydrogen-bond donors (Lipinski definition) is 0. The average Bonchev–Trinajstić information content (AvgIpc) is 2.51. The predicted molar refractivity (Wildman–Crippen MR) is 120 cm³/mol. The van der Waals surface area contributed by atoms with E-state index in [2.05, 4.69) is 64.7 Å². The summed E-state index contributed by atoms with van der Waals surface area (Å²) >= 11 is 1.16. The highest BCUT2D eigenvalue weighted by molar-refractivity contribution is 8.13. The van der Waals surface area contributed by atoms with E-state index in [1.165, 1.54) is 0 Å². The van der Waals surface area contributed by atoms with Crippen molar-refractivity contribution in [2.24, 2.45) is 0 Å². The Hall–Kier alpha value is 0.210. The van der Waals surface area contributed by atoms with Crippen molar-refractivity contribution in [1.29, 1.82) is 0 Å². The van der Waals surface area contributed by atoms with E-state index in [1.54, 1.807) is 0 Å². The minimum absolute atomic E-state index is 0.0822. The summed E-state index contributed by atoms with van der Waals surface area (Å²) in [5, 5.41) is 0.0822. The molecule has 7 nitrogen and oxygen atoms in total. The van der Waals surface area contributed by atoms with Gasteiger partial charge in [-0.1, -0.05) is 11.8 Å². The van der Waals surface area contributed by atoms with Gasteiger partial charge in [0.15, 0.2) is 22.0 Å². The van der Waals surface area contributed by atoms with E-state index >= 15 is 0 Å². The molecule has 0 saturated heterocycles. The zero-order chi connectivity index (χ0) is 21.9. The van der Waals surface area contributed by atoms with Crippen molar-refractivity contribution in [2.45, 2.75) is 79.6 Å². The van der Waals surface area contributed by atoms with Gasteiger partial charge in [0.2, 0.25) is 5.12 Å². The average molecular weight is 440 g/mol. The largest absolute Gasteiger partial charge is 0.344 e. The van der Waals surface area contributed by atoms with Crippen LogP contribution in [0.1, 0.15) is 55.4 Å². The van der Waals surface area contributed by atoms with Gasteiger partial charge in [-0.2, -0.15) is 0 Å². The van der Waals surface area contributed by atoms with E-state index < -0.39 is 8.45 Å². The number of ether oxygens (including phenoxy) is 2. The van der Waals surface area contributed by atoms with E-state index in [0.717, 1.165) is 11.8 Å². The van der Waals surface area contributed by atoms with Crippen molar-refractivity contribution in [3.05, 3.63) is 0 Å². The molecule has 0 aliphatic carbocycles. The summed E-state index contributed by atoms with van der Waals surface area (Å²) in [4.78, 5) is 13.4. The molecular weight excluding hydrogens is 397 g/mol. The summed E-state index contributed by atoms with van der Waals surface area (Å²) in [6.45, 7) is 18.3. The lowest BCUT2D eigenvalue weighted by atomic mass is 10.3. The summed E-state index contributed by atoms with van der Waals surface area (Å²) in [5.41, 5.74) is 0. The van der Waals surface area contributed by atoms with Crippen molar-refractivity contribution in [3.8, 4) is 0 Å². The number of likely N-dealkylation sites (N-methyl/N-ethyl adjacent to an activating group) is 1. The Balaban J connectivity index is 4.59. The number of hydrogen-bond acceptors (Lipinski definition) is 8. The fourth-order valence-corrected chi connectivity index (χ4v) is 5.74. The standard InChI is InChI=1S/C19H42N3O4PS/c1-15(2)21(16(3)4)27(22(17(5)6)18(7)8)26-13-24-12-25-14-28-19(23)11-20(9)10/h15-18H,11-14H2,1-10H3. The van der Waals surface area contributed by atoms with Crippen LogP contribution in [0.2, 0.25) is 0 Å². The van der Waals surface area contributed by atoms with E-state index in [-0.39, 0.29) is 24.6 Å². The molecule has 0 atom stereocenters. The van der Waals surface area contributed by atoms with Crippen molar-refractivity contribution >= 4 is 25.3 Å². The van der Waals surface area contributed by atoms with Crippen LogP contribution in [0, 0.1) is 0 Å². The maximum Gasteiger partial charge on any atom is 0.205 e. The van der Waals surface area contributed by atoms with E-state index in [1.807, 2.05) is 19.0 Å². The number of thioether (sulfide) groups is 1. The third-order valence-corrected chi connectivity index (χ3v) is 7.39. The van der Waals surface area contributed by atoms with Gasteiger partial charge in [-0.3, -0.25) is 4.79 Å². The Bertz CT molecular complexity index is 390. The molecule has 168 valence electrons. The van der Waals surface area contributed by atoms with Crippen LogP contribution in [0.5, 0.6) is 0 Å². The summed E-state index contributed by atoms with van der Waals surface area (Å²) in [7, 11) is 2.77. The van der Waals surface area contributed by atoms with Crippen molar-refractivity contribution < 1.29 is 18.8 Å². The number of carbonyl (C=O) groups is 1. The quantitative estimate of drug-likeness (QED) is 0.214. The summed E-state index contributed by atoms with van der Waals surface area (Å²) in [5.74, 6) is 0.287. The molecule has 0 aromatic rings. The molecule has 0 N–H and O–H groups in total. The van der Waals surface area contributed by atoms with Crippen LogP contribution in [-0.2, 0) is 18.8 Å². The molecule has 0 radical (unpaired) electrons. The Morgan fingerprint density at radius 3 is 1.68 bits per heavy atom. The van der Waals surface area contributed by atoms with E-state index in [4.69, 9.17) is 14.0 Å². The zero-order valence-electron chi connectivity index (χ0n) is 19.5. The molecule has 0 spiro atoms. The fourth-order valence-electron chi connectivity index (χ4n) is 2.86. The second-order valence-electron chi connectivity index (χ2n) is 8.03. The highest BCUT2D eigenvalue weighted by Gasteiger charge is 2.34. The topological polar surface area (TPSA) is 54.5 Å². The maximum absolute atomic E-state index is 11.6. The van der Waals surface area contributed by atoms with Gasteiger partial charge in [-0.15, -0.1) is 0 Å². The van der Waals surface area contributed by atoms with Crippen LogP contribution in [0.25, 0.3) is 0 Å². The van der Waals surface area contributed by atoms with Gasteiger partial charge in [0.25, 0.3) is 0 Å². The SMILES string of the molecule is CC(C)N(C(C)C)P(OCOCOCSC(=O)CN(C)C)N(C(C)C)C(C)C.